The van der Waals surface area contributed by atoms with Gasteiger partial charge in [0.15, 0.2) is 5.76 Å². The maximum Gasteiger partial charge on any atom is 0.422 e. The van der Waals surface area contributed by atoms with Crippen molar-refractivity contribution in [1.29, 1.82) is 0 Å². The van der Waals surface area contributed by atoms with Gasteiger partial charge < -0.3 is 9.63 Å². The van der Waals surface area contributed by atoms with Crippen LogP contribution in [0.4, 0.5) is 13.2 Å². The third-order valence-corrected chi connectivity index (χ3v) is 2.51. The minimum absolute atomic E-state index is 0.217. The Balaban J connectivity index is 2.51. The van der Waals surface area contributed by atoms with Crippen molar-refractivity contribution in [2.75, 3.05) is 0 Å². The smallest absolute Gasteiger partial charge is 0.388 e. The first-order valence-electron chi connectivity index (χ1n) is 5.06. The van der Waals surface area contributed by atoms with Crippen LogP contribution in [0.15, 0.2) is 22.8 Å². The highest BCUT2D eigenvalue weighted by Crippen LogP contribution is 2.38. The number of hydrogen-bond acceptors (Lipinski definition) is 3. The monoisotopic (exact) mass is 245 g/mol. The second-order valence-corrected chi connectivity index (χ2v) is 3.64. The van der Waals surface area contributed by atoms with Crippen LogP contribution >= 0.6 is 0 Å². The van der Waals surface area contributed by atoms with Gasteiger partial charge in [-0.2, -0.15) is 13.2 Å². The molecule has 92 valence electrons. The molecule has 1 aromatic rings. The predicted octanol–water partition coefficient (Wildman–Crippen LogP) is 2.92. The van der Waals surface area contributed by atoms with Crippen LogP contribution in [-0.2, 0) is 12.8 Å². The molecule has 1 heterocycles. The predicted molar refractivity (Wildman–Crippen MR) is 53.8 cm³/mol. The summed E-state index contributed by atoms with van der Waals surface area (Å²) >= 11 is 0. The molecule has 6 heteroatoms. The summed E-state index contributed by atoms with van der Waals surface area (Å²) < 4.78 is 43.0. The summed E-state index contributed by atoms with van der Waals surface area (Å²) in [6, 6.07) is 0. The zero-order chi connectivity index (χ0) is 12.5. The number of hydrogen-bond donors (Lipinski definition) is 1. The molecule has 1 aliphatic rings. The lowest BCUT2D eigenvalue weighted by Gasteiger charge is -2.10. The molecule has 0 saturated carbocycles. The van der Waals surface area contributed by atoms with Crippen molar-refractivity contribution < 1.29 is 22.8 Å². The van der Waals surface area contributed by atoms with Crippen molar-refractivity contribution in [2.45, 2.75) is 25.6 Å². The Morgan fingerprint density at radius 1 is 1.41 bits per heavy atom. The van der Waals surface area contributed by atoms with Crippen LogP contribution in [0.1, 0.15) is 29.9 Å². The topological polar surface area (TPSA) is 46.3 Å². The highest BCUT2D eigenvalue weighted by molar-refractivity contribution is 5.68. The first-order chi connectivity index (χ1) is 8.04. The van der Waals surface area contributed by atoms with Crippen molar-refractivity contribution >= 4 is 5.57 Å². The Morgan fingerprint density at radius 2 is 2.18 bits per heavy atom. The van der Waals surface area contributed by atoms with Gasteiger partial charge in [-0.3, -0.25) is 0 Å². The van der Waals surface area contributed by atoms with E-state index in [0.717, 1.165) is 0 Å². The van der Waals surface area contributed by atoms with Gasteiger partial charge in [-0.05, 0) is 18.4 Å². The van der Waals surface area contributed by atoms with E-state index in [0.29, 0.717) is 18.4 Å². The van der Waals surface area contributed by atoms with Crippen LogP contribution in [-0.4, -0.2) is 10.3 Å². The number of nitrogens with zero attached hydrogens (tertiary/aromatic N) is 1. The molecule has 17 heavy (non-hydrogen) atoms. The first kappa shape index (κ1) is 11.9. The standard InChI is InChI=1S/C11H10F3NO2/c12-11(13,14)9-8(6-16)17-15-10(9)7-4-2-1-3-5-7/h1-2,4,16H,3,5-6H2. The molecule has 0 spiro atoms. The fraction of sp³-hybridized carbons (Fsp3) is 0.364. The van der Waals surface area contributed by atoms with Gasteiger partial charge >= 0.3 is 6.18 Å². The van der Waals surface area contributed by atoms with E-state index < -0.39 is 24.1 Å². The third-order valence-electron chi connectivity index (χ3n) is 2.51. The van der Waals surface area contributed by atoms with Crippen molar-refractivity contribution in [3.63, 3.8) is 0 Å². The lowest BCUT2D eigenvalue weighted by molar-refractivity contribution is -0.139. The number of rotatable bonds is 2. The Kier molecular flexibility index (Phi) is 3.06. The van der Waals surface area contributed by atoms with E-state index in [9.17, 15) is 13.2 Å². The van der Waals surface area contributed by atoms with Crippen LogP contribution in [0.2, 0.25) is 0 Å². The van der Waals surface area contributed by atoms with Crippen molar-refractivity contribution in [2.24, 2.45) is 0 Å². The Hall–Kier alpha value is -1.56. The number of aliphatic hydroxyl groups excluding tert-OH is 1. The number of aliphatic hydroxyl groups is 1. The lowest BCUT2D eigenvalue weighted by atomic mass is 9.98. The van der Waals surface area contributed by atoms with Gasteiger partial charge in [0.1, 0.15) is 17.9 Å². The van der Waals surface area contributed by atoms with Crippen LogP contribution in [0.25, 0.3) is 5.57 Å². The molecule has 3 nitrogen and oxygen atoms in total. The van der Waals surface area contributed by atoms with E-state index >= 15 is 0 Å². The van der Waals surface area contributed by atoms with Gasteiger partial charge in [0.05, 0.1) is 0 Å². The fourth-order valence-electron chi connectivity index (χ4n) is 1.74. The molecule has 1 aliphatic carbocycles. The van der Waals surface area contributed by atoms with Gasteiger partial charge in [0, 0.05) is 0 Å². The Morgan fingerprint density at radius 3 is 2.71 bits per heavy atom. The highest BCUT2D eigenvalue weighted by Gasteiger charge is 2.40. The van der Waals surface area contributed by atoms with E-state index in [4.69, 9.17) is 5.11 Å². The summed E-state index contributed by atoms with van der Waals surface area (Å²) in [7, 11) is 0. The molecule has 0 unspecified atom stereocenters. The van der Waals surface area contributed by atoms with Gasteiger partial charge in [0.2, 0.25) is 0 Å². The van der Waals surface area contributed by atoms with Gasteiger partial charge in [0.25, 0.3) is 0 Å². The molecule has 2 rings (SSSR count). The molecule has 0 saturated heterocycles. The third kappa shape index (κ3) is 2.26. The highest BCUT2D eigenvalue weighted by atomic mass is 19.4. The molecular formula is C11H10F3NO2. The largest absolute Gasteiger partial charge is 0.422 e. The second kappa shape index (κ2) is 4.37. The van der Waals surface area contributed by atoms with Crippen LogP contribution in [0, 0.1) is 0 Å². The number of aromatic nitrogens is 1. The average molecular weight is 245 g/mol. The van der Waals surface area contributed by atoms with Gasteiger partial charge in [-0.1, -0.05) is 23.4 Å². The summed E-state index contributed by atoms with van der Waals surface area (Å²) in [5, 5.41) is 12.2. The SMILES string of the molecule is OCc1onc(C2=CC=CCC2)c1C(F)(F)F. The Labute approximate surface area is 95.2 Å². The quantitative estimate of drug-likeness (QED) is 0.871. The molecule has 0 bridgehead atoms. The van der Waals surface area contributed by atoms with Crippen LogP contribution in [0.3, 0.4) is 0 Å². The Bertz CT molecular complexity index is 472. The molecule has 0 aliphatic heterocycles. The zero-order valence-corrected chi connectivity index (χ0v) is 8.79. The minimum atomic E-state index is -4.57. The van der Waals surface area contributed by atoms with Gasteiger partial charge in [-0.15, -0.1) is 0 Å². The van der Waals surface area contributed by atoms with Crippen molar-refractivity contribution in [3.05, 3.63) is 35.2 Å². The van der Waals surface area contributed by atoms with Crippen LogP contribution < -0.4 is 0 Å². The lowest BCUT2D eigenvalue weighted by Crippen LogP contribution is -2.10. The summed E-state index contributed by atoms with van der Waals surface area (Å²) in [5.74, 6) is -0.539. The van der Waals surface area contributed by atoms with E-state index in [1.807, 2.05) is 6.08 Å². The fourth-order valence-corrected chi connectivity index (χ4v) is 1.74. The van der Waals surface area contributed by atoms with E-state index in [1.165, 1.54) is 0 Å². The first-order valence-corrected chi connectivity index (χ1v) is 5.06. The van der Waals surface area contributed by atoms with E-state index in [1.54, 1.807) is 12.2 Å². The molecule has 1 aromatic heterocycles. The number of allylic oxidation sites excluding steroid dienone is 4. The van der Waals surface area contributed by atoms with E-state index in [-0.39, 0.29) is 5.69 Å². The zero-order valence-electron chi connectivity index (χ0n) is 8.79. The van der Waals surface area contributed by atoms with Crippen LogP contribution in [0.5, 0.6) is 0 Å². The maximum absolute atomic E-state index is 12.8. The van der Waals surface area contributed by atoms with E-state index in [2.05, 4.69) is 9.68 Å². The summed E-state index contributed by atoms with van der Waals surface area (Å²) in [6.07, 6.45) is 1.71. The molecule has 0 amide bonds. The molecule has 1 N–H and O–H groups in total. The van der Waals surface area contributed by atoms with Gasteiger partial charge in [-0.25, -0.2) is 0 Å². The number of alkyl halides is 3. The summed E-state index contributed by atoms with van der Waals surface area (Å²) in [4.78, 5) is 0. The molecule has 0 atom stereocenters. The summed E-state index contributed by atoms with van der Waals surface area (Å²) in [5.41, 5.74) is -0.712. The number of halogens is 3. The molecule has 0 fully saturated rings. The molecule has 0 aromatic carbocycles. The van der Waals surface area contributed by atoms with Crippen molar-refractivity contribution in [1.82, 2.24) is 5.16 Å². The second-order valence-electron chi connectivity index (χ2n) is 3.64. The molecule has 0 radical (unpaired) electrons. The maximum atomic E-state index is 12.8. The minimum Gasteiger partial charge on any atom is -0.388 e. The average Bonchev–Trinajstić information content (AvgIpc) is 2.73. The summed E-state index contributed by atoms with van der Waals surface area (Å²) in [6.45, 7) is -0.815. The normalized spacial score (nSPS) is 16.1. The van der Waals surface area contributed by atoms with Crippen molar-refractivity contribution in [3.8, 4) is 0 Å². The molecular weight excluding hydrogens is 235 g/mol.